The van der Waals surface area contributed by atoms with E-state index in [9.17, 15) is 13.2 Å². The highest BCUT2D eigenvalue weighted by Crippen LogP contribution is 2.32. The quantitative estimate of drug-likeness (QED) is 0.761. The standard InChI is InChI=1S/C17H16F3N7/c18-17(19,20)12-3-5-13(6-4-12)26-15-14(23)16(25-11-24-15)27(9-1-7-21)10-2-8-22/h3-6,11H,1-2,9-10,23H2,(H,24,25,26). The topological polar surface area (TPSA) is 115 Å². The van der Waals surface area contributed by atoms with Crippen molar-refractivity contribution < 1.29 is 13.2 Å². The number of nitrogens with two attached hydrogens (primary N) is 1. The van der Waals surface area contributed by atoms with Gasteiger partial charge in [-0.15, -0.1) is 0 Å². The van der Waals surface area contributed by atoms with Gasteiger partial charge in [0.25, 0.3) is 0 Å². The number of anilines is 4. The Bertz CT molecular complexity index is 833. The summed E-state index contributed by atoms with van der Waals surface area (Å²) in [6.45, 7) is 0.665. The van der Waals surface area contributed by atoms with Crippen LogP contribution in [0.4, 0.5) is 36.2 Å². The van der Waals surface area contributed by atoms with Crippen LogP contribution in [0.1, 0.15) is 18.4 Å². The summed E-state index contributed by atoms with van der Waals surface area (Å²) in [6.07, 6.45) is -2.72. The number of aromatic nitrogens is 2. The molecule has 0 aliphatic rings. The van der Waals surface area contributed by atoms with Crippen LogP contribution in [0.25, 0.3) is 0 Å². The molecule has 0 saturated carbocycles. The third kappa shape index (κ3) is 5.22. The van der Waals surface area contributed by atoms with Crippen LogP contribution < -0.4 is 16.0 Å². The number of hydrogen-bond acceptors (Lipinski definition) is 7. The Hall–Kier alpha value is -3.53. The fourth-order valence-electron chi connectivity index (χ4n) is 2.31. The number of halogens is 3. The van der Waals surface area contributed by atoms with Gasteiger partial charge in [-0.25, -0.2) is 9.97 Å². The maximum absolute atomic E-state index is 12.6. The zero-order valence-electron chi connectivity index (χ0n) is 14.2. The van der Waals surface area contributed by atoms with E-state index >= 15 is 0 Å². The van der Waals surface area contributed by atoms with Crippen molar-refractivity contribution in [1.29, 1.82) is 10.5 Å². The summed E-state index contributed by atoms with van der Waals surface area (Å²) in [6, 6.07) is 8.48. The minimum atomic E-state index is -4.42. The highest BCUT2D eigenvalue weighted by molar-refractivity contribution is 5.78. The van der Waals surface area contributed by atoms with Crippen LogP contribution >= 0.6 is 0 Å². The van der Waals surface area contributed by atoms with E-state index in [1.54, 1.807) is 4.90 Å². The lowest BCUT2D eigenvalue weighted by atomic mass is 10.2. The maximum Gasteiger partial charge on any atom is 0.416 e. The van der Waals surface area contributed by atoms with Crippen LogP contribution in [-0.2, 0) is 6.18 Å². The van der Waals surface area contributed by atoms with E-state index in [4.69, 9.17) is 16.3 Å². The summed E-state index contributed by atoms with van der Waals surface area (Å²) in [7, 11) is 0. The number of hydrogen-bond donors (Lipinski definition) is 2. The minimum Gasteiger partial charge on any atom is -0.393 e. The molecule has 140 valence electrons. The third-order valence-electron chi connectivity index (χ3n) is 3.62. The van der Waals surface area contributed by atoms with Gasteiger partial charge in [0.2, 0.25) is 0 Å². The summed E-state index contributed by atoms with van der Waals surface area (Å²) in [5.74, 6) is 0.573. The van der Waals surface area contributed by atoms with Crippen LogP contribution in [-0.4, -0.2) is 23.1 Å². The highest BCUT2D eigenvalue weighted by Gasteiger charge is 2.30. The molecule has 0 atom stereocenters. The predicted octanol–water partition coefficient (Wildman–Crippen LogP) is 3.45. The molecule has 1 aromatic carbocycles. The SMILES string of the molecule is N#CCCN(CCC#N)c1ncnc(Nc2ccc(C(F)(F)F)cc2)c1N. The number of nitriles is 2. The molecule has 27 heavy (non-hydrogen) atoms. The van der Waals surface area contributed by atoms with Crippen LogP contribution in [0.15, 0.2) is 30.6 Å². The molecule has 7 nitrogen and oxygen atoms in total. The molecular formula is C17H16F3N7. The number of alkyl halides is 3. The molecular weight excluding hydrogens is 359 g/mol. The van der Waals surface area contributed by atoms with E-state index in [1.807, 2.05) is 12.1 Å². The van der Waals surface area contributed by atoms with Crippen LogP contribution in [0.5, 0.6) is 0 Å². The van der Waals surface area contributed by atoms with Gasteiger partial charge in [-0.1, -0.05) is 0 Å². The van der Waals surface area contributed by atoms with Crippen LogP contribution in [0.2, 0.25) is 0 Å². The number of nitrogen functional groups attached to an aromatic ring is 1. The second-order valence-corrected chi connectivity index (χ2v) is 5.46. The Kier molecular flexibility index (Phi) is 6.39. The first-order valence-corrected chi connectivity index (χ1v) is 7.90. The first-order chi connectivity index (χ1) is 12.9. The van der Waals surface area contributed by atoms with Crippen LogP contribution in [0.3, 0.4) is 0 Å². The zero-order chi connectivity index (χ0) is 19.9. The molecule has 0 radical (unpaired) electrons. The van der Waals surface area contributed by atoms with Crippen molar-refractivity contribution in [2.75, 3.05) is 29.0 Å². The van der Waals surface area contributed by atoms with Crippen molar-refractivity contribution in [3.8, 4) is 12.1 Å². The number of nitrogens with zero attached hydrogens (tertiary/aromatic N) is 5. The maximum atomic E-state index is 12.6. The Morgan fingerprint density at radius 1 is 1.04 bits per heavy atom. The molecule has 2 aromatic rings. The Labute approximate surface area is 153 Å². The molecule has 0 aliphatic heterocycles. The fraction of sp³-hybridized carbons (Fsp3) is 0.294. The van der Waals surface area contributed by atoms with E-state index in [0.29, 0.717) is 24.6 Å². The number of rotatable bonds is 7. The fourth-order valence-corrected chi connectivity index (χ4v) is 2.31. The first-order valence-electron chi connectivity index (χ1n) is 7.90. The molecule has 1 aromatic heterocycles. The minimum absolute atomic E-state index is 0.174. The molecule has 0 unspecified atom stereocenters. The smallest absolute Gasteiger partial charge is 0.393 e. The van der Waals surface area contributed by atoms with Gasteiger partial charge in [0.1, 0.15) is 12.0 Å². The zero-order valence-corrected chi connectivity index (χ0v) is 14.2. The lowest BCUT2D eigenvalue weighted by Gasteiger charge is -2.23. The summed E-state index contributed by atoms with van der Waals surface area (Å²) in [4.78, 5) is 9.83. The van der Waals surface area contributed by atoms with E-state index in [0.717, 1.165) is 12.1 Å². The normalized spacial score (nSPS) is 10.7. The molecule has 0 amide bonds. The predicted molar refractivity (Wildman–Crippen MR) is 93.8 cm³/mol. The van der Waals surface area contributed by atoms with E-state index in [-0.39, 0.29) is 24.3 Å². The highest BCUT2D eigenvalue weighted by atomic mass is 19.4. The van der Waals surface area contributed by atoms with Crippen molar-refractivity contribution in [1.82, 2.24) is 9.97 Å². The summed E-state index contributed by atoms with van der Waals surface area (Å²) in [5, 5.41) is 20.4. The Balaban J connectivity index is 2.25. The molecule has 10 heteroatoms. The van der Waals surface area contributed by atoms with Gasteiger partial charge < -0.3 is 16.0 Å². The van der Waals surface area contributed by atoms with Crippen molar-refractivity contribution in [2.24, 2.45) is 0 Å². The Morgan fingerprint density at radius 2 is 1.63 bits per heavy atom. The largest absolute Gasteiger partial charge is 0.416 e. The number of nitrogens with one attached hydrogen (secondary N) is 1. The van der Waals surface area contributed by atoms with E-state index < -0.39 is 11.7 Å². The van der Waals surface area contributed by atoms with Gasteiger partial charge in [-0.2, -0.15) is 23.7 Å². The average Bonchev–Trinajstić information content (AvgIpc) is 2.64. The second kappa shape index (κ2) is 8.72. The second-order valence-electron chi connectivity index (χ2n) is 5.46. The summed E-state index contributed by atoms with van der Waals surface area (Å²) >= 11 is 0. The van der Waals surface area contributed by atoms with Gasteiger partial charge in [0.05, 0.1) is 30.5 Å². The van der Waals surface area contributed by atoms with Gasteiger partial charge in [0.15, 0.2) is 11.6 Å². The van der Waals surface area contributed by atoms with Gasteiger partial charge in [-0.3, -0.25) is 0 Å². The third-order valence-corrected chi connectivity index (χ3v) is 3.62. The molecule has 0 saturated heterocycles. The van der Waals surface area contributed by atoms with Crippen molar-refractivity contribution in [3.63, 3.8) is 0 Å². The lowest BCUT2D eigenvalue weighted by molar-refractivity contribution is -0.137. The van der Waals surface area contributed by atoms with Crippen LogP contribution in [0, 0.1) is 22.7 Å². The monoisotopic (exact) mass is 375 g/mol. The first kappa shape index (κ1) is 19.8. The van der Waals surface area contributed by atoms with Crippen molar-refractivity contribution in [3.05, 3.63) is 36.2 Å². The summed E-state index contributed by atoms with van der Waals surface area (Å²) < 4.78 is 37.9. The summed E-state index contributed by atoms with van der Waals surface area (Å²) in [5.41, 5.74) is 5.89. The molecule has 1 heterocycles. The van der Waals surface area contributed by atoms with E-state index in [2.05, 4.69) is 15.3 Å². The molecule has 0 bridgehead atoms. The number of benzene rings is 1. The molecule has 0 spiro atoms. The molecule has 3 N–H and O–H groups in total. The molecule has 0 fully saturated rings. The average molecular weight is 375 g/mol. The van der Waals surface area contributed by atoms with Crippen molar-refractivity contribution >= 4 is 23.0 Å². The van der Waals surface area contributed by atoms with E-state index in [1.165, 1.54) is 18.5 Å². The molecule has 0 aliphatic carbocycles. The van der Waals surface area contributed by atoms with Gasteiger partial charge >= 0.3 is 6.18 Å². The van der Waals surface area contributed by atoms with Gasteiger partial charge in [-0.05, 0) is 24.3 Å². The Morgan fingerprint density at radius 3 is 2.15 bits per heavy atom. The van der Waals surface area contributed by atoms with Crippen molar-refractivity contribution in [2.45, 2.75) is 19.0 Å². The van der Waals surface area contributed by atoms with Gasteiger partial charge in [0, 0.05) is 18.8 Å². The molecule has 2 rings (SSSR count). The lowest BCUT2D eigenvalue weighted by Crippen LogP contribution is -2.27.